The molecule has 1 N–H and O–H groups in total. The van der Waals surface area contributed by atoms with Crippen LogP contribution in [0.25, 0.3) is 11.6 Å². The molecule has 1 heterocycles. The second-order valence-electron chi connectivity index (χ2n) is 8.99. The molecule has 2 aromatic carbocycles. The van der Waals surface area contributed by atoms with Crippen molar-refractivity contribution in [1.29, 1.82) is 0 Å². The Morgan fingerprint density at radius 2 is 1.56 bits per heavy atom. The third-order valence-electron chi connectivity index (χ3n) is 7.93. The number of carbonyl (C=O) groups excluding carboxylic acids is 3. The smallest absolute Gasteiger partial charge is 0.341 e. The zero-order valence-corrected chi connectivity index (χ0v) is 19.7. The van der Waals surface area contributed by atoms with Crippen molar-refractivity contribution in [3.05, 3.63) is 82.4 Å². The van der Waals surface area contributed by atoms with Gasteiger partial charge < -0.3 is 9.47 Å². The van der Waals surface area contributed by atoms with Crippen molar-refractivity contribution < 1.29 is 23.9 Å². The Balaban J connectivity index is 2.07. The fraction of sp³-hybridized carbons (Fsp3) is 0.321. The van der Waals surface area contributed by atoms with E-state index in [0.29, 0.717) is 18.4 Å². The van der Waals surface area contributed by atoms with Crippen LogP contribution in [0.1, 0.15) is 43.4 Å². The van der Waals surface area contributed by atoms with E-state index in [1.807, 2.05) is 68.4 Å². The van der Waals surface area contributed by atoms with E-state index in [-0.39, 0.29) is 5.57 Å². The van der Waals surface area contributed by atoms with Crippen LogP contribution in [0, 0.1) is 0 Å². The number of ketones is 1. The van der Waals surface area contributed by atoms with E-state index in [2.05, 4.69) is 11.4 Å². The van der Waals surface area contributed by atoms with Gasteiger partial charge in [-0.3, -0.25) is 10.1 Å². The molecule has 1 aliphatic heterocycles. The normalized spacial score (nSPS) is 26.0. The molecule has 0 bridgehead atoms. The fourth-order valence-corrected chi connectivity index (χ4v) is 6.47. The van der Waals surface area contributed by atoms with Crippen molar-refractivity contribution in [2.45, 2.75) is 43.2 Å². The maximum Gasteiger partial charge on any atom is 0.341 e. The molecular formula is C28H27NO5. The van der Waals surface area contributed by atoms with Gasteiger partial charge >= 0.3 is 11.9 Å². The molecule has 0 saturated carbocycles. The minimum atomic E-state index is -1.84. The minimum absolute atomic E-state index is 0.108. The summed E-state index contributed by atoms with van der Waals surface area (Å²) in [5.74, 6) is -2.09. The zero-order chi connectivity index (χ0) is 24.3. The molecule has 174 valence electrons. The van der Waals surface area contributed by atoms with E-state index >= 15 is 0 Å². The van der Waals surface area contributed by atoms with E-state index in [1.165, 1.54) is 14.2 Å². The van der Waals surface area contributed by atoms with Crippen molar-refractivity contribution in [3.8, 4) is 0 Å². The van der Waals surface area contributed by atoms with Crippen LogP contribution >= 0.6 is 0 Å². The number of benzene rings is 2. The number of Topliss-reactive ketones (excluding diaryl/α,β-unsaturated/α-hetero) is 1. The van der Waals surface area contributed by atoms with Crippen LogP contribution in [0.3, 0.4) is 0 Å². The van der Waals surface area contributed by atoms with Crippen molar-refractivity contribution in [1.82, 2.24) is 5.32 Å². The molecular weight excluding hydrogens is 430 g/mol. The molecule has 2 atom stereocenters. The predicted molar refractivity (Wildman–Crippen MR) is 128 cm³/mol. The monoisotopic (exact) mass is 457 g/mol. The summed E-state index contributed by atoms with van der Waals surface area (Å²) < 4.78 is 10.4. The van der Waals surface area contributed by atoms with E-state index in [9.17, 15) is 14.4 Å². The quantitative estimate of drug-likeness (QED) is 0.420. The molecule has 1 fully saturated rings. The van der Waals surface area contributed by atoms with Crippen LogP contribution in [-0.4, -0.2) is 43.0 Å². The summed E-state index contributed by atoms with van der Waals surface area (Å²) >= 11 is 0. The highest BCUT2D eigenvalue weighted by atomic mass is 16.5. The number of fused-ring (bicyclic) bond motifs is 2. The molecule has 1 saturated heterocycles. The van der Waals surface area contributed by atoms with Gasteiger partial charge in [-0.1, -0.05) is 74.5 Å². The Morgan fingerprint density at radius 1 is 0.912 bits per heavy atom. The number of hydrogen-bond acceptors (Lipinski definition) is 6. The number of ether oxygens (including phenoxy) is 2. The first-order valence-corrected chi connectivity index (χ1v) is 11.5. The summed E-state index contributed by atoms with van der Waals surface area (Å²) in [5, 5.41) is 3.49. The molecule has 0 aromatic heterocycles. The van der Waals surface area contributed by atoms with Crippen LogP contribution in [0.5, 0.6) is 0 Å². The molecule has 0 spiro atoms. The second-order valence-corrected chi connectivity index (χ2v) is 8.99. The van der Waals surface area contributed by atoms with Crippen LogP contribution in [0.2, 0.25) is 0 Å². The predicted octanol–water partition coefficient (Wildman–Crippen LogP) is 3.60. The van der Waals surface area contributed by atoms with Crippen molar-refractivity contribution in [3.63, 3.8) is 0 Å². The van der Waals surface area contributed by atoms with Crippen molar-refractivity contribution >= 4 is 29.4 Å². The van der Waals surface area contributed by atoms with Crippen LogP contribution in [0.15, 0.2) is 65.7 Å². The van der Waals surface area contributed by atoms with E-state index < -0.39 is 34.2 Å². The van der Waals surface area contributed by atoms with Gasteiger partial charge in [-0.25, -0.2) is 9.59 Å². The molecule has 2 aromatic rings. The highest BCUT2D eigenvalue weighted by Gasteiger charge is 2.80. The van der Waals surface area contributed by atoms with E-state index in [1.54, 1.807) is 0 Å². The maximum absolute atomic E-state index is 14.4. The first-order chi connectivity index (χ1) is 16.4. The van der Waals surface area contributed by atoms with Crippen LogP contribution in [-0.2, 0) is 29.3 Å². The standard InChI is InChI=1S/C28H27NO5/c1-5-26(6-2)20-16-17-12-10-11-15-19(17)22-21(24(31)33-3)23(30)28(29-26,25(32)34-4)27(20,22)18-13-8-7-9-14-18/h7-16,29H,5-6H2,1-4H3/t27-,28-/m1/s1. The zero-order valence-electron chi connectivity index (χ0n) is 19.7. The largest absolute Gasteiger partial charge is 0.467 e. The Morgan fingerprint density at radius 3 is 2.18 bits per heavy atom. The molecule has 6 nitrogen and oxygen atoms in total. The number of carbonyl (C=O) groups is 3. The summed E-state index contributed by atoms with van der Waals surface area (Å²) in [6, 6.07) is 17.1. The lowest BCUT2D eigenvalue weighted by atomic mass is 9.56. The van der Waals surface area contributed by atoms with Gasteiger partial charge in [0.2, 0.25) is 5.78 Å². The highest BCUT2D eigenvalue weighted by molar-refractivity contribution is 6.39. The number of nitrogens with one attached hydrogen (secondary N) is 1. The molecule has 34 heavy (non-hydrogen) atoms. The van der Waals surface area contributed by atoms with E-state index in [4.69, 9.17) is 9.47 Å². The fourth-order valence-electron chi connectivity index (χ4n) is 6.47. The number of rotatable bonds is 5. The van der Waals surface area contributed by atoms with Crippen molar-refractivity contribution in [2.24, 2.45) is 0 Å². The Kier molecular flexibility index (Phi) is 4.92. The number of methoxy groups -OCH3 is 2. The first-order valence-electron chi connectivity index (χ1n) is 11.5. The molecule has 5 rings (SSSR count). The van der Waals surface area contributed by atoms with Gasteiger partial charge in [0, 0.05) is 5.54 Å². The van der Waals surface area contributed by atoms with Crippen molar-refractivity contribution in [2.75, 3.05) is 14.2 Å². The van der Waals surface area contributed by atoms with Crippen LogP contribution in [0.4, 0.5) is 0 Å². The average Bonchev–Trinajstić information content (AvgIpc) is 3.29. The van der Waals surface area contributed by atoms with Crippen LogP contribution < -0.4 is 5.32 Å². The topological polar surface area (TPSA) is 81.7 Å². The molecule has 0 unspecified atom stereocenters. The summed E-state index contributed by atoms with van der Waals surface area (Å²) in [4.78, 5) is 41.4. The van der Waals surface area contributed by atoms with E-state index in [0.717, 1.165) is 22.3 Å². The third kappa shape index (κ3) is 2.31. The Hall–Kier alpha value is -3.51. The van der Waals surface area contributed by atoms with Gasteiger partial charge in [0.1, 0.15) is 5.57 Å². The van der Waals surface area contributed by atoms with Gasteiger partial charge in [-0.15, -0.1) is 0 Å². The number of hydrogen-bond donors (Lipinski definition) is 1. The lowest BCUT2D eigenvalue weighted by Crippen LogP contribution is -2.65. The lowest BCUT2D eigenvalue weighted by molar-refractivity contribution is -0.153. The average molecular weight is 458 g/mol. The molecule has 2 aliphatic carbocycles. The first kappa shape index (κ1) is 22.3. The summed E-state index contributed by atoms with van der Waals surface area (Å²) in [6.07, 6.45) is 3.36. The summed E-state index contributed by atoms with van der Waals surface area (Å²) in [5.41, 5.74) is -0.102. The minimum Gasteiger partial charge on any atom is -0.467 e. The molecule has 6 heteroatoms. The Bertz CT molecular complexity index is 1290. The van der Waals surface area contributed by atoms with Gasteiger partial charge in [-0.2, -0.15) is 0 Å². The highest BCUT2D eigenvalue weighted by Crippen LogP contribution is 2.68. The summed E-state index contributed by atoms with van der Waals surface area (Å²) in [7, 11) is 2.52. The maximum atomic E-state index is 14.4. The molecule has 0 radical (unpaired) electrons. The van der Waals surface area contributed by atoms with Gasteiger partial charge in [-0.05, 0) is 40.7 Å². The van der Waals surface area contributed by atoms with Gasteiger partial charge in [0.05, 0.1) is 19.6 Å². The van der Waals surface area contributed by atoms with Gasteiger partial charge in [0.15, 0.2) is 5.54 Å². The third-order valence-corrected chi connectivity index (χ3v) is 7.93. The second kappa shape index (κ2) is 7.50. The summed E-state index contributed by atoms with van der Waals surface area (Å²) in [6.45, 7) is 4.08. The van der Waals surface area contributed by atoms with Gasteiger partial charge in [0.25, 0.3) is 0 Å². The molecule has 3 aliphatic rings. The molecule has 0 amide bonds. The lowest BCUT2D eigenvalue weighted by Gasteiger charge is -2.43. The SMILES string of the molecule is CCC1(CC)N[C@@]2(C(=O)OC)C(=O)C(C(=O)OC)=C3c4ccccc4C=C1[C@]32c1ccccc1. The Labute approximate surface area is 198 Å². The number of esters is 2.